The minimum Gasteiger partial charge on any atom is -0.461 e. The molecule has 0 aromatic rings. The van der Waals surface area contributed by atoms with Crippen LogP contribution in [0.15, 0.2) is 22.8 Å². The summed E-state index contributed by atoms with van der Waals surface area (Å²) < 4.78 is 5.12. The highest BCUT2D eigenvalue weighted by atomic mass is 16.5. The molecule has 3 aliphatic carbocycles. The molecule has 3 rings (SSSR count). The molecule has 0 spiro atoms. The monoisotopic (exact) mass is 362 g/mol. The fourth-order valence-corrected chi connectivity index (χ4v) is 5.57. The second kappa shape index (κ2) is 6.79. The quantitative estimate of drug-likeness (QED) is 0.592. The molecule has 0 heterocycles. The van der Waals surface area contributed by atoms with E-state index in [1.165, 1.54) is 24.5 Å². The topological polar surface area (TPSA) is 66.8 Å². The molecule has 0 amide bonds. The van der Waals surface area contributed by atoms with Crippen molar-refractivity contribution in [3.63, 3.8) is 0 Å². The molecule has 0 aliphatic heterocycles. The summed E-state index contributed by atoms with van der Waals surface area (Å²) in [5.41, 5.74) is 3.59. The fraction of sp³-hybridized carbons (Fsp3) is 0.773. The van der Waals surface area contributed by atoms with E-state index >= 15 is 0 Å². The normalized spacial score (nSPS) is 40.0. The van der Waals surface area contributed by atoms with Gasteiger partial charge in [0.05, 0.1) is 12.2 Å². The van der Waals surface area contributed by atoms with Gasteiger partial charge in [0.1, 0.15) is 6.61 Å². The van der Waals surface area contributed by atoms with Gasteiger partial charge in [-0.25, -0.2) is 0 Å². The lowest BCUT2D eigenvalue weighted by Crippen LogP contribution is -2.46. The largest absolute Gasteiger partial charge is 0.461 e. The highest BCUT2D eigenvalue weighted by molar-refractivity contribution is 5.66. The Hall–Kier alpha value is -1.13. The van der Waals surface area contributed by atoms with Crippen LogP contribution in [-0.4, -0.2) is 35.0 Å². The van der Waals surface area contributed by atoms with Gasteiger partial charge >= 0.3 is 5.97 Å². The van der Waals surface area contributed by atoms with Crippen LogP contribution in [0.2, 0.25) is 0 Å². The molecule has 4 nitrogen and oxygen atoms in total. The summed E-state index contributed by atoms with van der Waals surface area (Å²) in [4.78, 5) is 11.2. The lowest BCUT2D eigenvalue weighted by molar-refractivity contribution is -0.140. The van der Waals surface area contributed by atoms with Crippen LogP contribution in [0, 0.1) is 22.7 Å². The van der Waals surface area contributed by atoms with E-state index in [9.17, 15) is 15.0 Å². The third-order valence-corrected chi connectivity index (χ3v) is 7.38. The van der Waals surface area contributed by atoms with Gasteiger partial charge in [0.15, 0.2) is 0 Å². The van der Waals surface area contributed by atoms with Crippen molar-refractivity contribution in [1.29, 1.82) is 0 Å². The van der Waals surface area contributed by atoms with Crippen LogP contribution in [0.4, 0.5) is 0 Å². The molecule has 1 saturated carbocycles. The van der Waals surface area contributed by atoms with Crippen molar-refractivity contribution in [3.8, 4) is 0 Å². The number of hydrogen-bond donors (Lipinski definition) is 2. The standard InChI is InChI=1S/C22H34O4/c1-13(2)16-6-7-21(4)8-9-22(5)17(20(16)21)11-18(24)15(10-19(22)25)12-26-14(3)23/h10,13,17-19,24-25H,6-9,11-12H2,1-5H3/t17?,18-,19?,21-,22-/m1/s1. The van der Waals surface area contributed by atoms with Crippen LogP contribution in [0.1, 0.15) is 66.7 Å². The Morgan fingerprint density at radius 3 is 2.58 bits per heavy atom. The molecule has 5 atom stereocenters. The Morgan fingerprint density at radius 2 is 1.96 bits per heavy atom. The van der Waals surface area contributed by atoms with E-state index in [1.54, 1.807) is 6.08 Å². The first-order chi connectivity index (χ1) is 12.1. The van der Waals surface area contributed by atoms with Crippen molar-refractivity contribution in [2.75, 3.05) is 6.61 Å². The lowest BCUT2D eigenvalue weighted by Gasteiger charge is -2.51. The average Bonchev–Trinajstić information content (AvgIpc) is 2.87. The van der Waals surface area contributed by atoms with Crippen molar-refractivity contribution >= 4 is 5.97 Å². The number of fused-ring (bicyclic) bond motifs is 3. The average molecular weight is 363 g/mol. The zero-order chi connectivity index (χ0) is 19.3. The van der Waals surface area contributed by atoms with Gasteiger partial charge in [-0.3, -0.25) is 4.79 Å². The van der Waals surface area contributed by atoms with Crippen molar-refractivity contribution in [2.24, 2.45) is 22.7 Å². The van der Waals surface area contributed by atoms with E-state index < -0.39 is 12.2 Å². The first-order valence-electron chi connectivity index (χ1n) is 10.0. The fourth-order valence-electron chi connectivity index (χ4n) is 5.57. The van der Waals surface area contributed by atoms with E-state index in [2.05, 4.69) is 27.7 Å². The number of aliphatic hydroxyl groups excluding tert-OH is 2. The molecule has 2 unspecified atom stereocenters. The maximum atomic E-state index is 11.2. The molecule has 1 fully saturated rings. The predicted octanol–water partition coefficient (Wildman–Crippen LogP) is 3.77. The van der Waals surface area contributed by atoms with Crippen molar-refractivity contribution in [1.82, 2.24) is 0 Å². The Morgan fingerprint density at radius 1 is 1.27 bits per heavy atom. The molecule has 0 aromatic carbocycles. The minimum atomic E-state index is -0.681. The summed E-state index contributed by atoms with van der Waals surface area (Å²) in [6.45, 7) is 10.5. The van der Waals surface area contributed by atoms with Crippen molar-refractivity contribution in [3.05, 3.63) is 22.8 Å². The summed E-state index contributed by atoms with van der Waals surface area (Å²) in [5, 5.41) is 21.9. The molecule has 2 N–H and O–H groups in total. The van der Waals surface area contributed by atoms with Crippen LogP contribution < -0.4 is 0 Å². The molecular formula is C22H34O4. The van der Waals surface area contributed by atoms with Crippen molar-refractivity contribution < 1.29 is 19.7 Å². The lowest BCUT2D eigenvalue weighted by atomic mass is 9.54. The Balaban J connectivity index is 2.01. The number of esters is 1. The third kappa shape index (κ3) is 3.16. The van der Waals surface area contributed by atoms with Crippen molar-refractivity contribution in [2.45, 2.75) is 78.9 Å². The Bertz CT molecular complexity index is 647. The highest BCUT2D eigenvalue weighted by Crippen LogP contribution is 2.63. The Labute approximate surface area is 157 Å². The molecule has 0 saturated heterocycles. The zero-order valence-corrected chi connectivity index (χ0v) is 16.8. The van der Waals surface area contributed by atoms with Gasteiger partial charge < -0.3 is 14.9 Å². The van der Waals surface area contributed by atoms with E-state index in [0.29, 0.717) is 17.9 Å². The van der Waals surface area contributed by atoms with E-state index in [4.69, 9.17) is 4.74 Å². The SMILES string of the molecule is CC(=O)OCC1=CC(O)[C@]2(C)CC[C@@]3(C)CCC(C(C)C)=C3C2C[C@H]1O. The highest BCUT2D eigenvalue weighted by Gasteiger charge is 2.55. The maximum absolute atomic E-state index is 11.2. The first kappa shape index (κ1) is 19.6. The zero-order valence-electron chi connectivity index (χ0n) is 16.8. The Kier molecular flexibility index (Phi) is 5.13. The number of aliphatic hydroxyl groups is 2. The van der Waals surface area contributed by atoms with Crippen LogP contribution in [0.5, 0.6) is 0 Å². The summed E-state index contributed by atoms with van der Waals surface area (Å²) in [7, 11) is 0. The number of allylic oxidation sites excluding steroid dienone is 2. The molecule has 0 aromatic heterocycles. The van der Waals surface area contributed by atoms with E-state index in [1.807, 2.05) is 0 Å². The number of carbonyl (C=O) groups is 1. The predicted molar refractivity (Wildman–Crippen MR) is 101 cm³/mol. The number of hydrogen-bond acceptors (Lipinski definition) is 4. The molecule has 4 heteroatoms. The van der Waals surface area contributed by atoms with Gasteiger partial charge in [0, 0.05) is 12.3 Å². The number of ether oxygens (including phenoxy) is 1. The first-order valence-corrected chi connectivity index (χ1v) is 10.0. The van der Waals surface area contributed by atoms with Gasteiger partial charge in [-0.05, 0) is 54.9 Å². The van der Waals surface area contributed by atoms with E-state index in [0.717, 1.165) is 19.3 Å². The summed E-state index contributed by atoms with van der Waals surface area (Å²) in [6, 6.07) is 0. The van der Waals surface area contributed by atoms with E-state index in [-0.39, 0.29) is 29.3 Å². The van der Waals surface area contributed by atoms with Crippen LogP contribution >= 0.6 is 0 Å². The smallest absolute Gasteiger partial charge is 0.302 e. The second-order valence-electron chi connectivity index (χ2n) is 9.43. The number of rotatable bonds is 3. The summed E-state index contributed by atoms with van der Waals surface area (Å²) >= 11 is 0. The second-order valence-corrected chi connectivity index (χ2v) is 9.43. The number of carbonyl (C=O) groups excluding carboxylic acids is 1. The van der Waals surface area contributed by atoms with Crippen LogP contribution in [0.25, 0.3) is 0 Å². The minimum absolute atomic E-state index is 0.0592. The van der Waals surface area contributed by atoms with Crippen LogP contribution in [-0.2, 0) is 9.53 Å². The molecule has 0 radical (unpaired) electrons. The molecule has 0 bridgehead atoms. The van der Waals surface area contributed by atoms with Crippen LogP contribution in [0.3, 0.4) is 0 Å². The van der Waals surface area contributed by atoms with Gasteiger partial charge in [0.25, 0.3) is 0 Å². The summed E-state index contributed by atoms with van der Waals surface area (Å²) in [6.07, 6.45) is 5.39. The molecule has 3 aliphatic rings. The van der Waals surface area contributed by atoms with Gasteiger partial charge in [0.2, 0.25) is 0 Å². The van der Waals surface area contributed by atoms with Gasteiger partial charge in [-0.15, -0.1) is 0 Å². The third-order valence-electron chi connectivity index (χ3n) is 7.38. The molecular weight excluding hydrogens is 328 g/mol. The summed E-state index contributed by atoms with van der Waals surface area (Å²) in [5.74, 6) is 0.297. The molecule has 26 heavy (non-hydrogen) atoms. The molecule has 146 valence electrons. The van der Waals surface area contributed by atoms with Gasteiger partial charge in [-0.2, -0.15) is 0 Å². The van der Waals surface area contributed by atoms with Gasteiger partial charge in [-0.1, -0.05) is 44.9 Å². The maximum Gasteiger partial charge on any atom is 0.302 e.